The van der Waals surface area contributed by atoms with Crippen molar-refractivity contribution in [3.63, 3.8) is 0 Å². The molecule has 3 aromatic rings. The molecule has 1 unspecified atom stereocenters. The highest BCUT2D eigenvalue weighted by Crippen LogP contribution is 2.42. The SMILES string of the molecule is COc1c2ccoc2c(C(CN)C(=O)O)c2ccoc12. The van der Waals surface area contributed by atoms with E-state index in [1.165, 1.54) is 19.6 Å². The van der Waals surface area contributed by atoms with Crippen molar-refractivity contribution in [2.45, 2.75) is 5.92 Å². The molecule has 3 rings (SSSR count). The molecular weight excluding hydrogens is 262 g/mol. The van der Waals surface area contributed by atoms with Crippen LogP contribution in [0.3, 0.4) is 0 Å². The Balaban J connectivity index is 2.47. The van der Waals surface area contributed by atoms with Gasteiger partial charge in [-0.25, -0.2) is 0 Å². The van der Waals surface area contributed by atoms with Crippen molar-refractivity contribution >= 4 is 27.9 Å². The average molecular weight is 275 g/mol. The Hall–Kier alpha value is -2.47. The van der Waals surface area contributed by atoms with Gasteiger partial charge in [0.1, 0.15) is 5.58 Å². The number of benzene rings is 1. The van der Waals surface area contributed by atoms with Gasteiger partial charge in [0.2, 0.25) is 0 Å². The zero-order valence-corrected chi connectivity index (χ0v) is 10.8. The maximum absolute atomic E-state index is 11.4. The Morgan fingerprint density at radius 1 is 1.30 bits per heavy atom. The maximum Gasteiger partial charge on any atom is 0.312 e. The van der Waals surface area contributed by atoms with Crippen LogP contribution in [-0.4, -0.2) is 24.7 Å². The molecule has 0 aliphatic rings. The molecular formula is C14H13NO5. The zero-order valence-electron chi connectivity index (χ0n) is 10.8. The van der Waals surface area contributed by atoms with Crippen LogP contribution >= 0.6 is 0 Å². The van der Waals surface area contributed by atoms with Crippen molar-refractivity contribution in [2.75, 3.05) is 13.7 Å². The third-order valence-electron chi connectivity index (χ3n) is 3.40. The molecule has 0 spiro atoms. The smallest absolute Gasteiger partial charge is 0.312 e. The number of ether oxygens (including phenoxy) is 1. The number of carboxylic acid groups (broad SMARTS) is 1. The minimum absolute atomic E-state index is 0.0300. The van der Waals surface area contributed by atoms with Gasteiger partial charge in [0.05, 0.1) is 30.9 Å². The third-order valence-corrected chi connectivity index (χ3v) is 3.40. The van der Waals surface area contributed by atoms with Crippen LogP contribution in [0.2, 0.25) is 0 Å². The summed E-state index contributed by atoms with van der Waals surface area (Å²) in [5.41, 5.74) is 7.09. The summed E-state index contributed by atoms with van der Waals surface area (Å²) < 4.78 is 16.2. The summed E-state index contributed by atoms with van der Waals surface area (Å²) in [4.78, 5) is 11.4. The van der Waals surface area contributed by atoms with Crippen molar-refractivity contribution < 1.29 is 23.5 Å². The summed E-state index contributed by atoms with van der Waals surface area (Å²) in [6.07, 6.45) is 2.98. The molecule has 1 atom stereocenters. The predicted octanol–water partition coefficient (Wildman–Crippen LogP) is 2.31. The first-order valence-corrected chi connectivity index (χ1v) is 6.06. The van der Waals surface area contributed by atoms with Gasteiger partial charge in [-0.2, -0.15) is 0 Å². The van der Waals surface area contributed by atoms with Crippen LogP contribution in [0.15, 0.2) is 33.5 Å². The second-order valence-electron chi connectivity index (χ2n) is 4.40. The van der Waals surface area contributed by atoms with Crippen molar-refractivity contribution in [1.29, 1.82) is 0 Å². The number of carboxylic acids is 1. The Labute approximate surface area is 113 Å². The van der Waals surface area contributed by atoms with Crippen molar-refractivity contribution in [3.05, 3.63) is 30.2 Å². The van der Waals surface area contributed by atoms with E-state index in [1.807, 2.05) is 0 Å². The van der Waals surface area contributed by atoms with Gasteiger partial charge in [-0.05, 0) is 12.1 Å². The first kappa shape index (κ1) is 12.6. The average Bonchev–Trinajstić information content (AvgIpc) is 3.06. The van der Waals surface area contributed by atoms with Crippen molar-refractivity contribution in [3.8, 4) is 5.75 Å². The molecule has 0 saturated heterocycles. The van der Waals surface area contributed by atoms with E-state index in [0.29, 0.717) is 33.3 Å². The van der Waals surface area contributed by atoms with Gasteiger partial charge < -0.3 is 24.4 Å². The fourth-order valence-electron chi connectivity index (χ4n) is 2.53. The highest BCUT2D eigenvalue weighted by Gasteiger charge is 2.28. The van der Waals surface area contributed by atoms with E-state index in [4.69, 9.17) is 19.3 Å². The Morgan fingerprint density at radius 3 is 2.55 bits per heavy atom. The van der Waals surface area contributed by atoms with Gasteiger partial charge in [0, 0.05) is 17.5 Å². The number of methoxy groups -OCH3 is 1. The molecule has 104 valence electrons. The lowest BCUT2D eigenvalue weighted by Gasteiger charge is -2.13. The van der Waals surface area contributed by atoms with Crippen LogP contribution in [0.4, 0.5) is 0 Å². The van der Waals surface area contributed by atoms with Crippen LogP contribution < -0.4 is 10.5 Å². The minimum Gasteiger partial charge on any atom is -0.492 e. The maximum atomic E-state index is 11.4. The van der Waals surface area contributed by atoms with Gasteiger partial charge in [0.25, 0.3) is 0 Å². The van der Waals surface area contributed by atoms with Gasteiger partial charge in [0.15, 0.2) is 11.3 Å². The van der Waals surface area contributed by atoms with E-state index in [2.05, 4.69) is 0 Å². The Morgan fingerprint density at radius 2 is 1.95 bits per heavy atom. The summed E-state index contributed by atoms with van der Waals surface area (Å²) in [6, 6.07) is 3.41. The molecule has 6 heteroatoms. The zero-order chi connectivity index (χ0) is 14.3. The fraction of sp³-hybridized carbons (Fsp3) is 0.214. The molecule has 6 nitrogen and oxygen atoms in total. The summed E-state index contributed by atoms with van der Waals surface area (Å²) in [5, 5.41) is 10.7. The molecule has 0 saturated carbocycles. The largest absolute Gasteiger partial charge is 0.492 e. The van der Waals surface area contributed by atoms with E-state index in [9.17, 15) is 9.90 Å². The summed E-state index contributed by atoms with van der Waals surface area (Å²) in [7, 11) is 1.53. The number of carbonyl (C=O) groups is 1. The van der Waals surface area contributed by atoms with Gasteiger partial charge >= 0.3 is 5.97 Å². The minimum atomic E-state index is -1.00. The van der Waals surface area contributed by atoms with E-state index in [1.54, 1.807) is 12.1 Å². The van der Waals surface area contributed by atoms with E-state index in [0.717, 1.165) is 0 Å². The quantitative estimate of drug-likeness (QED) is 0.758. The molecule has 3 N–H and O–H groups in total. The standard InChI is InChI=1S/C14H13NO5/c1-18-12-8-3-5-19-11(8)10(9(6-15)14(16)17)7-2-4-20-13(7)12/h2-5,9H,6,15H2,1H3,(H,16,17). The molecule has 2 aromatic heterocycles. The Bertz CT molecular complexity index is 734. The lowest BCUT2D eigenvalue weighted by molar-refractivity contribution is -0.138. The highest BCUT2D eigenvalue weighted by atomic mass is 16.5. The second kappa shape index (κ2) is 4.57. The number of furan rings is 2. The topological polar surface area (TPSA) is 98.8 Å². The third kappa shape index (κ3) is 1.58. The second-order valence-corrected chi connectivity index (χ2v) is 4.40. The number of fused-ring (bicyclic) bond motifs is 2. The van der Waals surface area contributed by atoms with Crippen molar-refractivity contribution in [2.24, 2.45) is 5.73 Å². The summed E-state index contributed by atoms with van der Waals surface area (Å²) in [6.45, 7) is -0.0300. The number of aliphatic carboxylic acids is 1. The molecule has 0 aliphatic heterocycles. The van der Waals surface area contributed by atoms with Gasteiger partial charge in [-0.15, -0.1) is 0 Å². The summed E-state index contributed by atoms with van der Waals surface area (Å²) >= 11 is 0. The predicted molar refractivity (Wildman–Crippen MR) is 72.0 cm³/mol. The van der Waals surface area contributed by atoms with Crippen LogP contribution in [0.1, 0.15) is 11.5 Å². The van der Waals surface area contributed by atoms with Gasteiger partial charge in [-0.3, -0.25) is 4.79 Å². The van der Waals surface area contributed by atoms with Crippen LogP contribution in [-0.2, 0) is 4.79 Å². The lowest BCUT2D eigenvalue weighted by atomic mass is 9.93. The van der Waals surface area contributed by atoms with E-state index < -0.39 is 11.9 Å². The highest BCUT2D eigenvalue weighted by molar-refractivity contribution is 6.06. The first-order valence-electron chi connectivity index (χ1n) is 6.06. The number of nitrogens with two attached hydrogens (primary N) is 1. The van der Waals surface area contributed by atoms with Crippen LogP contribution in [0.25, 0.3) is 21.9 Å². The lowest BCUT2D eigenvalue weighted by Crippen LogP contribution is -2.21. The van der Waals surface area contributed by atoms with E-state index >= 15 is 0 Å². The molecule has 1 aromatic carbocycles. The number of hydrogen-bond acceptors (Lipinski definition) is 5. The Kier molecular flexibility index (Phi) is 2.87. The molecule has 0 amide bonds. The fourth-order valence-corrected chi connectivity index (χ4v) is 2.53. The molecule has 0 bridgehead atoms. The van der Waals surface area contributed by atoms with Gasteiger partial charge in [-0.1, -0.05) is 0 Å². The molecule has 20 heavy (non-hydrogen) atoms. The normalized spacial score (nSPS) is 12.9. The summed E-state index contributed by atoms with van der Waals surface area (Å²) in [5.74, 6) is -1.34. The van der Waals surface area contributed by atoms with Crippen molar-refractivity contribution in [1.82, 2.24) is 0 Å². The first-order chi connectivity index (χ1) is 9.69. The molecule has 0 aliphatic carbocycles. The van der Waals surface area contributed by atoms with E-state index in [-0.39, 0.29) is 6.54 Å². The van der Waals surface area contributed by atoms with Crippen LogP contribution in [0, 0.1) is 0 Å². The monoisotopic (exact) mass is 275 g/mol. The number of hydrogen-bond donors (Lipinski definition) is 2. The molecule has 0 radical (unpaired) electrons. The molecule has 0 fully saturated rings. The number of rotatable bonds is 4. The molecule has 2 heterocycles. The van der Waals surface area contributed by atoms with Crippen LogP contribution in [0.5, 0.6) is 5.75 Å².